The average Bonchev–Trinajstić information content (AvgIpc) is 3.15. The molecule has 1 atom stereocenters. The second-order valence-corrected chi connectivity index (χ2v) is 21.6. The van der Waals surface area contributed by atoms with Crippen molar-refractivity contribution >= 4 is 47.9 Å². The van der Waals surface area contributed by atoms with Gasteiger partial charge in [0.15, 0.2) is 0 Å². The molecule has 0 fully saturated rings. The van der Waals surface area contributed by atoms with Gasteiger partial charge in [0.25, 0.3) is 8.32 Å². The van der Waals surface area contributed by atoms with Crippen LogP contribution in [0.15, 0.2) is 182 Å². The van der Waals surface area contributed by atoms with Gasteiger partial charge in [-0.2, -0.15) is 0 Å². The van der Waals surface area contributed by atoms with Gasteiger partial charge < -0.3 is 4.43 Å². The largest absolute Gasteiger partial charge is 0.401 e. The molecule has 0 saturated carbocycles. The molecule has 6 rings (SSSR count). The molecular formula is C45H47NOPSi+. The first-order valence-corrected chi connectivity index (χ1v) is 21.1. The summed E-state index contributed by atoms with van der Waals surface area (Å²) in [5.74, 6) is 0. The van der Waals surface area contributed by atoms with Crippen LogP contribution in [0.3, 0.4) is 0 Å². The van der Waals surface area contributed by atoms with Gasteiger partial charge >= 0.3 is 0 Å². The Hall–Kier alpha value is -4.40. The van der Waals surface area contributed by atoms with Crippen molar-refractivity contribution in [1.29, 1.82) is 0 Å². The molecule has 0 aliphatic carbocycles. The van der Waals surface area contributed by atoms with Crippen LogP contribution in [0.2, 0.25) is 5.04 Å². The second kappa shape index (κ2) is 15.4. The Morgan fingerprint density at radius 3 is 1.45 bits per heavy atom. The van der Waals surface area contributed by atoms with E-state index in [1.807, 2.05) is 18.5 Å². The highest BCUT2D eigenvalue weighted by Crippen LogP contribution is 2.56. The Labute approximate surface area is 295 Å². The molecule has 0 spiro atoms. The Morgan fingerprint density at radius 2 is 1.06 bits per heavy atom. The van der Waals surface area contributed by atoms with Crippen LogP contribution < -0.4 is 26.3 Å². The molecule has 0 saturated heterocycles. The van der Waals surface area contributed by atoms with Crippen molar-refractivity contribution in [3.8, 4) is 0 Å². The van der Waals surface area contributed by atoms with Crippen molar-refractivity contribution in [3.63, 3.8) is 0 Å². The van der Waals surface area contributed by atoms with E-state index >= 15 is 0 Å². The van der Waals surface area contributed by atoms with Gasteiger partial charge in [0.2, 0.25) is 0 Å². The summed E-state index contributed by atoms with van der Waals surface area (Å²) in [5.41, 5.74) is 2.31. The lowest BCUT2D eigenvalue weighted by Crippen LogP contribution is -2.67. The van der Waals surface area contributed by atoms with Gasteiger partial charge in [-0.15, -0.1) is 0 Å². The van der Waals surface area contributed by atoms with Crippen LogP contribution in [-0.2, 0) is 4.43 Å². The molecule has 0 radical (unpaired) electrons. The van der Waals surface area contributed by atoms with Crippen LogP contribution in [0.5, 0.6) is 0 Å². The van der Waals surface area contributed by atoms with E-state index in [1.165, 1.54) is 31.9 Å². The molecule has 0 bridgehead atoms. The Morgan fingerprint density at radius 1 is 0.633 bits per heavy atom. The molecule has 2 nitrogen and oxygen atoms in total. The Bertz CT molecular complexity index is 1770. The van der Waals surface area contributed by atoms with Crippen molar-refractivity contribution in [2.75, 3.05) is 6.16 Å². The summed E-state index contributed by atoms with van der Waals surface area (Å²) in [7, 11) is -4.95. The molecule has 5 aromatic carbocycles. The van der Waals surface area contributed by atoms with Crippen molar-refractivity contribution in [2.45, 2.75) is 45.3 Å². The molecule has 0 aliphatic heterocycles. The van der Waals surface area contributed by atoms with E-state index in [-0.39, 0.29) is 11.1 Å². The topological polar surface area (TPSA) is 22.1 Å². The summed E-state index contributed by atoms with van der Waals surface area (Å²) < 4.78 is 7.98. The monoisotopic (exact) mass is 676 g/mol. The zero-order chi connectivity index (χ0) is 34.2. The third kappa shape index (κ3) is 7.31. The lowest BCUT2D eigenvalue weighted by molar-refractivity contribution is 0.219. The van der Waals surface area contributed by atoms with E-state index in [1.54, 1.807) is 0 Å². The van der Waals surface area contributed by atoms with E-state index in [2.05, 4.69) is 196 Å². The molecule has 0 amide bonds. The molecular weight excluding hydrogens is 630 g/mol. The maximum Gasteiger partial charge on any atom is 0.261 e. The van der Waals surface area contributed by atoms with Crippen molar-refractivity contribution in [2.24, 2.45) is 0 Å². The van der Waals surface area contributed by atoms with E-state index in [4.69, 9.17) is 4.43 Å². The summed E-state index contributed by atoms with van der Waals surface area (Å²) >= 11 is 0. The van der Waals surface area contributed by atoms with E-state index < -0.39 is 15.6 Å². The predicted molar refractivity (Wildman–Crippen MR) is 215 cm³/mol. The quantitative estimate of drug-likeness (QED) is 0.0955. The lowest BCUT2D eigenvalue weighted by Gasteiger charge is -2.45. The van der Waals surface area contributed by atoms with Crippen LogP contribution in [0.1, 0.15) is 39.7 Å². The first-order chi connectivity index (χ1) is 23.8. The van der Waals surface area contributed by atoms with Crippen molar-refractivity contribution in [3.05, 3.63) is 187 Å². The minimum Gasteiger partial charge on any atom is -0.401 e. The van der Waals surface area contributed by atoms with Gasteiger partial charge in [-0.25, -0.2) is 0 Å². The zero-order valence-corrected chi connectivity index (χ0v) is 31.0. The summed E-state index contributed by atoms with van der Waals surface area (Å²) in [6.07, 6.45) is 7.75. The van der Waals surface area contributed by atoms with Gasteiger partial charge in [0.05, 0.1) is 12.3 Å². The fraction of sp³-hybridized carbons (Fsp3) is 0.178. The Balaban J connectivity index is 1.55. The highest BCUT2D eigenvalue weighted by atomic mass is 31.2. The number of hydrogen-bond acceptors (Lipinski definition) is 2. The number of aromatic nitrogens is 1. The molecule has 1 aromatic heterocycles. The average molecular weight is 677 g/mol. The minimum absolute atomic E-state index is 0.137. The summed E-state index contributed by atoms with van der Waals surface area (Å²) in [4.78, 5) is 4.44. The molecule has 6 aromatic rings. The second-order valence-electron chi connectivity index (χ2n) is 13.8. The van der Waals surface area contributed by atoms with Gasteiger partial charge in [0.1, 0.15) is 23.2 Å². The molecule has 49 heavy (non-hydrogen) atoms. The van der Waals surface area contributed by atoms with Crippen LogP contribution in [0.4, 0.5) is 0 Å². The number of nitrogens with zero attached hydrogens (tertiary/aromatic N) is 1. The number of rotatable bonds is 12. The van der Waals surface area contributed by atoms with Gasteiger partial charge in [-0.05, 0) is 75.9 Å². The highest BCUT2D eigenvalue weighted by Gasteiger charge is 2.52. The third-order valence-electron chi connectivity index (χ3n) is 9.64. The fourth-order valence-electron chi connectivity index (χ4n) is 7.29. The normalized spacial score (nSPS) is 13.2. The predicted octanol–water partition coefficient (Wildman–Crippen LogP) is 8.81. The molecule has 246 valence electrons. The maximum absolute atomic E-state index is 7.98. The molecule has 0 unspecified atom stereocenters. The fourth-order valence-corrected chi connectivity index (χ4v) is 16.4. The summed E-state index contributed by atoms with van der Waals surface area (Å²) in [6.45, 7) is 9.35. The zero-order valence-electron chi connectivity index (χ0n) is 29.1. The molecule has 0 aliphatic rings. The lowest BCUT2D eigenvalue weighted by atomic mass is 10.1. The molecule has 1 heterocycles. The van der Waals surface area contributed by atoms with E-state index in [9.17, 15) is 0 Å². The smallest absolute Gasteiger partial charge is 0.261 e. The van der Waals surface area contributed by atoms with Gasteiger partial charge in [0, 0.05) is 18.8 Å². The van der Waals surface area contributed by atoms with Crippen molar-refractivity contribution in [1.82, 2.24) is 4.98 Å². The first kappa shape index (κ1) is 34.5. The van der Waals surface area contributed by atoms with E-state index in [0.717, 1.165) is 18.1 Å². The maximum atomic E-state index is 7.98. The number of hydrogen-bond donors (Lipinski definition) is 0. The molecule has 4 heteroatoms. The highest BCUT2D eigenvalue weighted by molar-refractivity contribution is 7.95. The minimum atomic E-state index is -2.87. The standard InChI is InChI=1S/C45H47NOPSi/c1-37(35-38-21-20-33-46-36-38)44(47-49(45(2,3)4,42-28-16-8-17-29-42)43-30-18-9-19-31-43)32-34-48(39-22-10-5-11-23-39,40-24-12-6-13-25-40)41-26-14-7-15-27-41/h5-31,33,35-36,44H,32,34H2,1-4H3/q+1/t44-/m0/s1. The Kier molecular flexibility index (Phi) is 10.9. The van der Waals surface area contributed by atoms with Crippen LogP contribution in [0, 0.1) is 0 Å². The molecule has 0 N–H and O–H groups in total. The number of benzene rings is 5. The van der Waals surface area contributed by atoms with Gasteiger partial charge in [-0.1, -0.05) is 148 Å². The van der Waals surface area contributed by atoms with Gasteiger partial charge in [-0.3, -0.25) is 4.98 Å². The van der Waals surface area contributed by atoms with Crippen LogP contribution in [0.25, 0.3) is 6.08 Å². The summed E-state index contributed by atoms with van der Waals surface area (Å²) in [5, 5.41) is 6.63. The summed E-state index contributed by atoms with van der Waals surface area (Å²) in [6, 6.07) is 59.8. The van der Waals surface area contributed by atoms with E-state index in [0.29, 0.717) is 0 Å². The third-order valence-corrected chi connectivity index (χ3v) is 19.2. The first-order valence-electron chi connectivity index (χ1n) is 17.3. The SMILES string of the molecule is CC(=Cc1cccnc1)[C@H](CC[P+](c1ccccc1)(c1ccccc1)c1ccccc1)O[Si](c1ccccc1)(c1ccccc1)C(C)(C)C. The van der Waals surface area contributed by atoms with Crippen molar-refractivity contribution < 1.29 is 4.43 Å². The van der Waals surface area contributed by atoms with Crippen LogP contribution in [-0.4, -0.2) is 25.6 Å². The number of pyridine rings is 1. The van der Waals surface area contributed by atoms with Crippen LogP contribution >= 0.6 is 7.26 Å².